The zero-order valence-corrected chi connectivity index (χ0v) is 22.7. The minimum Gasteiger partial charge on any atom is -0.311 e. The van der Waals surface area contributed by atoms with Crippen LogP contribution in [-0.2, 0) is 0 Å². The third kappa shape index (κ3) is 5.14. The van der Waals surface area contributed by atoms with Gasteiger partial charge in [-0.15, -0.1) is 0 Å². The fourth-order valence-corrected chi connectivity index (χ4v) is 5.50. The Hall–Kier alpha value is -5.40. The summed E-state index contributed by atoms with van der Waals surface area (Å²) in [5.41, 5.74) is 8.22. The third-order valence-corrected chi connectivity index (χ3v) is 7.64. The van der Waals surface area contributed by atoms with Crippen molar-refractivity contribution in [2.24, 2.45) is 0 Å². The molecule has 41 heavy (non-hydrogen) atoms. The van der Waals surface area contributed by atoms with Gasteiger partial charge < -0.3 is 4.90 Å². The van der Waals surface area contributed by atoms with Gasteiger partial charge in [-0.1, -0.05) is 133 Å². The molecular weight excluding hydrogens is 494 g/mol. The zero-order chi connectivity index (χ0) is 27.4. The van der Waals surface area contributed by atoms with E-state index in [0.29, 0.717) is 0 Å². The van der Waals surface area contributed by atoms with E-state index in [0.717, 1.165) is 17.1 Å². The number of benzene rings is 7. The molecule has 1 heteroatoms. The summed E-state index contributed by atoms with van der Waals surface area (Å²) in [6, 6.07) is 58.3. The highest BCUT2D eigenvalue weighted by molar-refractivity contribution is 6.08. The lowest BCUT2D eigenvalue weighted by Crippen LogP contribution is -2.09. The van der Waals surface area contributed by atoms with Crippen LogP contribution in [-0.4, -0.2) is 0 Å². The van der Waals surface area contributed by atoms with E-state index >= 15 is 0 Å². The first-order valence-electron chi connectivity index (χ1n) is 14.0. The van der Waals surface area contributed by atoms with Gasteiger partial charge in [0.15, 0.2) is 0 Å². The van der Waals surface area contributed by atoms with Crippen molar-refractivity contribution in [2.45, 2.75) is 0 Å². The molecule has 0 saturated carbocycles. The van der Waals surface area contributed by atoms with Gasteiger partial charge in [0.1, 0.15) is 0 Å². The number of nitrogens with zero attached hydrogens (tertiary/aromatic N) is 1. The van der Waals surface area contributed by atoms with E-state index in [1.54, 1.807) is 0 Å². The molecule has 0 radical (unpaired) electrons. The summed E-state index contributed by atoms with van der Waals surface area (Å²) in [6.07, 6.45) is 4.36. The molecule has 0 aliphatic heterocycles. The van der Waals surface area contributed by atoms with Crippen molar-refractivity contribution in [1.29, 1.82) is 0 Å². The first-order valence-corrected chi connectivity index (χ1v) is 14.0. The van der Waals surface area contributed by atoms with Gasteiger partial charge in [-0.05, 0) is 86.3 Å². The smallest absolute Gasteiger partial charge is 0.0462 e. The lowest BCUT2D eigenvalue weighted by Gasteiger charge is -2.25. The molecule has 0 amide bonds. The van der Waals surface area contributed by atoms with Gasteiger partial charge in [-0.2, -0.15) is 0 Å². The average molecular weight is 524 g/mol. The van der Waals surface area contributed by atoms with Crippen molar-refractivity contribution >= 4 is 50.8 Å². The van der Waals surface area contributed by atoms with Gasteiger partial charge in [-0.25, -0.2) is 0 Å². The monoisotopic (exact) mass is 523 g/mol. The maximum Gasteiger partial charge on any atom is 0.0462 e. The molecule has 194 valence electrons. The van der Waals surface area contributed by atoms with Crippen LogP contribution >= 0.6 is 0 Å². The highest BCUT2D eigenvalue weighted by Gasteiger charge is 2.11. The van der Waals surface area contributed by atoms with Gasteiger partial charge in [0, 0.05) is 17.1 Å². The molecule has 7 aromatic rings. The van der Waals surface area contributed by atoms with Gasteiger partial charge in [0.05, 0.1) is 0 Å². The van der Waals surface area contributed by atoms with E-state index in [2.05, 4.69) is 181 Å². The predicted octanol–water partition coefficient (Wildman–Crippen LogP) is 11.3. The van der Waals surface area contributed by atoms with Crippen molar-refractivity contribution in [3.63, 3.8) is 0 Å². The second kappa shape index (κ2) is 11.0. The number of para-hydroxylation sites is 2. The lowest BCUT2D eigenvalue weighted by atomic mass is 9.97. The third-order valence-electron chi connectivity index (χ3n) is 7.64. The normalized spacial score (nSPS) is 11.3. The molecule has 0 fully saturated rings. The van der Waals surface area contributed by atoms with Crippen LogP contribution in [0.3, 0.4) is 0 Å². The molecular formula is C40H29N. The Morgan fingerprint density at radius 1 is 0.341 bits per heavy atom. The van der Waals surface area contributed by atoms with Crippen LogP contribution in [0.15, 0.2) is 164 Å². The lowest BCUT2D eigenvalue weighted by molar-refractivity contribution is 1.28. The topological polar surface area (TPSA) is 3.24 Å². The van der Waals surface area contributed by atoms with E-state index in [9.17, 15) is 0 Å². The molecule has 0 atom stereocenters. The molecule has 1 nitrogen and oxygen atoms in total. The fourth-order valence-electron chi connectivity index (χ4n) is 5.50. The number of hydrogen-bond donors (Lipinski definition) is 0. The molecule has 7 aromatic carbocycles. The van der Waals surface area contributed by atoms with Gasteiger partial charge in [0.2, 0.25) is 0 Å². The van der Waals surface area contributed by atoms with E-state index in [-0.39, 0.29) is 0 Å². The molecule has 0 aromatic heterocycles. The van der Waals surface area contributed by atoms with E-state index in [1.807, 2.05) is 0 Å². The van der Waals surface area contributed by atoms with Crippen LogP contribution < -0.4 is 4.90 Å². The first-order chi connectivity index (χ1) is 20.3. The van der Waals surface area contributed by atoms with Crippen LogP contribution in [0.1, 0.15) is 11.1 Å². The van der Waals surface area contributed by atoms with E-state index < -0.39 is 0 Å². The van der Waals surface area contributed by atoms with E-state index in [1.165, 1.54) is 43.8 Å². The van der Waals surface area contributed by atoms with Crippen LogP contribution in [0, 0.1) is 0 Å². The minimum atomic E-state index is 1.13. The second-order valence-electron chi connectivity index (χ2n) is 10.3. The molecule has 0 unspecified atom stereocenters. The summed E-state index contributed by atoms with van der Waals surface area (Å²) in [7, 11) is 0. The summed E-state index contributed by atoms with van der Waals surface area (Å²) in [5.74, 6) is 0. The maximum absolute atomic E-state index is 2.32. The Morgan fingerprint density at radius 3 is 1.44 bits per heavy atom. The molecule has 0 bridgehead atoms. The summed E-state index contributed by atoms with van der Waals surface area (Å²) in [4.78, 5) is 2.28. The maximum atomic E-state index is 2.32. The molecule has 0 heterocycles. The molecule has 0 spiro atoms. The number of rotatable bonds is 6. The summed E-state index contributed by atoms with van der Waals surface area (Å²) < 4.78 is 0. The Labute approximate surface area is 241 Å². The largest absolute Gasteiger partial charge is 0.311 e. The van der Waals surface area contributed by atoms with Crippen molar-refractivity contribution in [3.8, 4) is 11.1 Å². The van der Waals surface area contributed by atoms with Crippen molar-refractivity contribution < 1.29 is 0 Å². The van der Waals surface area contributed by atoms with Gasteiger partial charge in [-0.3, -0.25) is 0 Å². The second-order valence-corrected chi connectivity index (χ2v) is 10.3. The Kier molecular flexibility index (Phi) is 6.61. The highest BCUT2D eigenvalue weighted by Crippen LogP contribution is 2.34. The zero-order valence-electron chi connectivity index (χ0n) is 22.7. The number of fused-ring (bicyclic) bond motifs is 3. The van der Waals surface area contributed by atoms with E-state index in [4.69, 9.17) is 0 Å². The van der Waals surface area contributed by atoms with Crippen LogP contribution in [0.4, 0.5) is 17.1 Å². The van der Waals surface area contributed by atoms with Crippen molar-refractivity contribution in [1.82, 2.24) is 0 Å². The van der Waals surface area contributed by atoms with Gasteiger partial charge in [0.25, 0.3) is 0 Å². The average Bonchev–Trinajstić information content (AvgIpc) is 3.05. The summed E-state index contributed by atoms with van der Waals surface area (Å²) in [6.45, 7) is 0. The standard InChI is InChI=1S/C40H29N/c1-3-10-36(11-4-1)41(37-12-5-2-6-13-37)38-27-19-31(20-28-38)16-15-30-17-21-32(22-18-30)35-26-25-34-24-23-33-9-7-8-14-39(33)40(34)29-35/h1-29H. The summed E-state index contributed by atoms with van der Waals surface area (Å²) in [5, 5.41) is 5.14. The van der Waals surface area contributed by atoms with Gasteiger partial charge >= 0.3 is 0 Å². The van der Waals surface area contributed by atoms with Crippen LogP contribution in [0.5, 0.6) is 0 Å². The van der Waals surface area contributed by atoms with Crippen molar-refractivity contribution in [2.75, 3.05) is 4.90 Å². The quantitative estimate of drug-likeness (QED) is 0.155. The highest BCUT2D eigenvalue weighted by atomic mass is 15.1. The Balaban J connectivity index is 1.12. The number of hydrogen-bond acceptors (Lipinski definition) is 1. The Morgan fingerprint density at radius 2 is 0.805 bits per heavy atom. The fraction of sp³-hybridized carbons (Fsp3) is 0. The minimum absolute atomic E-state index is 1.13. The molecule has 0 aliphatic rings. The molecule has 7 rings (SSSR count). The number of anilines is 3. The molecule has 0 saturated heterocycles. The Bertz CT molecular complexity index is 1910. The van der Waals surface area contributed by atoms with Crippen molar-refractivity contribution in [3.05, 3.63) is 175 Å². The van der Waals surface area contributed by atoms with Crippen LogP contribution in [0.25, 0.3) is 44.8 Å². The first kappa shape index (κ1) is 24.6. The summed E-state index contributed by atoms with van der Waals surface area (Å²) >= 11 is 0. The molecule has 0 N–H and O–H groups in total. The van der Waals surface area contributed by atoms with Crippen LogP contribution in [0.2, 0.25) is 0 Å². The predicted molar refractivity (Wildman–Crippen MR) is 177 cm³/mol. The molecule has 0 aliphatic carbocycles. The SMILES string of the molecule is C(=Cc1ccc(N(c2ccccc2)c2ccccc2)cc1)c1ccc(-c2ccc3ccc4ccccc4c3c2)cc1.